The number of rotatable bonds is 7. The van der Waals surface area contributed by atoms with Gasteiger partial charge in [0, 0.05) is 15.6 Å². The molecule has 94 valence electrons. The topological polar surface area (TPSA) is 17.1 Å². The molecule has 2 heteroatoms. The van der Waals surface area contributed by atoms with Gasteiger partial charge >= 0.3 is 0 Å². The van der Waals surface area contributed by atoms with Gasteiger partial charge in [-0.05, 0) is 40.6 Å². The minimum Gasteiger partial charge on any atom is -0.294 e. The first-order valence-corrected chi connectivity index (χ1v) is 7.54. The van der Waals surface area contributed by atoms with Crippen LogP contribution in [0.25, 0.3) is 0 Å². The third-order valence-corrected chi connectivity index (χ3v) is 3.83. The van der Waals surface area contributed by atoms with Crippen LogP contribution in [0.15, 0.2) is 24.3 Å². The van der Waals surface area contributed by atoms with Crippen LogP contribution in [-0.2, 0) is 0 Å². The molecule has 0 saturated carbocycles. The molecule has 0 fully saturated rings. The molecule has 0 spiro atoms. The van der Waals surface area contributed by atoms with E-state index in [1.807, 2.05) is 24.3 Å². The van der Waals surface area contributed by atoms with E-state index in [1.54, 1.807) is 0 Å². The molecular formula is C15H21IO. The Kier molecular flexibility index (Phi) is 6.78. The van der Waals surface area contributed by atoms with Crippen molar-refractivity contribution in [3.05, 3.63) is 33.4 Å². The molecule has 1 atom stereocenters. The Balaban J connectivity index is 2.58. The molecule has 0 N–H and O–H groups in total. The third kappa shape index (κ3) is 5.19. The lowest BCUT2D eigenvalue weighted by Gasteiger charge is -2.13. The van der Waals surface area contributed by atoms with Crippen molar-refractivity contribution < 1.29 is 4.79 Å². The van der Waals surface area contributed by atoms with Crippen LogP contribution in [0.5, 0.6) is 0 Å². The van der Waals surface area contributed by atoms with Gasteiger partial charge in [-0.1, -0.05) is 51.7 Å². The SMILES string of the molecule is CCCCC(CC)CC(=O)c1cccc(I)c1. The summed E-state index contributed by atoms with van der Waals surface area (Å²) in [4.78, 5) is 12.1. The minimum atomic E-state index is 0.298. The predicted molar refractivity (Wildman–Crippen MR) is 81.4 cm³/mol. The fraction of sp³-hybridized carbons (Fsp3) is 0.533. The van der Waals surface area contributed by atoms with E-state index in [2.05, 4.69) is 36.4 Å². The molecule has 0 heterocycles. The third-order valence-electron chi connectivity index (χ3n) is 3.16. The summed E-state index contributed by atoms with van der Waals surface area (Å²) >= 11 is 2.25. The summed E-state index contributed by atoms with van der Waals surface area (Å²) < 4.78 is 1.13. The van der Waals surface area contributed by atoms with Crippen LogP contribution in [0.1, 0.15) is 56.3 Å². The van der Waals surface area contributed by atoms with Crippen molar-refractivity contribution in [2.24, 2.45) is 5.92 Å². The number of hydrogen-bond donors (Lipinski definition) is 0. The Morgan fingerprint density at radius 2 is 2.12 bits per heavy atom. The smallest absolute Gasteiger partial charge is 0.163 e. The average molecular weight is 344 g/mol. The quantitative estimate of drug-likeness (QED) is 0.498. The zero-order valence-corrected chi connectivity index (χ0v) is 12.9. The van der Waals surface area contributed by atoms with E-state index in [4.69, 9.17) is 0 Å². The Morgan fingerprint density at radius 1 is 1.35 bits per heavy atom. The monoisotopic (exact) mass is 344 g/mol. The molecule has 0 saturated heterocycles. The van der Waals surface area contributed by atoms with Crippen LogP contribution in [0.3, 0.4) is 0 Å². The number of ketones is 1. The number of carbonyl (C=O) groups excluding carboxylic acids is 1. The van der Waals surface area contributed by atoms with Crippen LogP contribution < -0.4 is 0 Å². The summed E-state index contributed by atoms with van der Waals surface area (Å²) in [5, 5.41) is 0. The molecule has 1 aromatic rings. The number of Topliss-reactive ketones (excluding diaryl/α,β-unsaturated/α-hetero) is 1. The number of halogens is 1. The zero-order chi connectivity index (χ0) is 12.7. The highest BCUT2D eigenvalue weighted by atomic mass is 127. The molecule has 1 rings (SSSR count). The van der Waals surface area contributed by atoms with Gasteiger partial charge in [-0.15, -0.1) is 0 Å². The van der Waals surface area contributed by atoms with Gasteiger partial charge in [-0.2, -0.15) is 0 Å². The minimum absolute atomic E-state index is 0.298. The van der Waals surface area contributed by atoms with E-state index >= 15 is 0 Å². The second-order valence-electron chi connectivity index (χ2n) is 4.55. The number of benzene rings is 1. The molecule has 0 aliphatic heterocycles. The fourth-order valence-electron chi connectivity index (χ4n) is 1.99. The van der Waals surface area contributed by atoms with Crippen LogP contribution in [-0.4, -0.2) is 5.78 Å². The Bertz CT molecular complexity index is 360. The van der Waals surface area contributed by atoms with E-state index in [1.165, 1.54) is 19.3 Å². The van der Waals surface area contributed by atoms with Crippen molar-refractivity contribution in [1.82, 2.24) is 0 Å². The maximum Gasteiger partial charge on any atom is 0.163 e. The Labute approximate surface area is 118 Å². The fourth-order valence-corrected chi connectivity index (χ4v) is 2.53. The first kappa shape index (κ1) is 14.7. The summed E-state index contributed by atoms with van der Waals surface area (Å²) in [5.41, 5.74) is 0.867. The summed E-state index contributed by atoms with van der Waals surface area (Å²) in [6.45, 7) is 4.39. The normalized spacial score (nSPS) is 12.4. The predicted octanol–water partition coefficient (Wildman–Crippen LogP) is 5.08. The second kappa shape index (κ2) is 7.85. The Morgan fingerprint density at radius 3 is 2.71 bits per heavy atom. The van der Waals surface area contributed by atoms with Crippen molar-refractivity contribution in [2.75, 3.05) is 0 Å². The van der Waals surface area contributed by atoms with Gasteiger partial charge in [0.2, 0.25) is 0 Å². The average Bonchev–Trinajstić information content (AvgIpc) is 2.34. The van der Waals surface area contributed by atoms with Crippen molar-refractivity contribution in [2.45, 2.75) is 46.0 Å². The van der Waals surface area contributed by atoms with Crippen LogP contribution >= 0.6 is 22.6 Å². The van der Waals surface area contributed by atoms with Crippen molar-refractivity contribution in [3.63, 3.8) is 0 Å². The van der Waals surface area contributed by atoms with Gasteiger partial charge in [-0.3, -0.25) is 4.79 Å². The van der Waals surface area contributed by atoms with Crippen LogP contribution in [0, 0.1) is 9.49 Å². The highest BCUT2D eigenvalue weighted by molar-refractivity contribution is 14.1. The van der Waals surface area contributed by atoms with Gasteiger partial charge < -0.3 is 0 Å². The Hall–Kier alpha value is -0.380. The van der Waals surface area contributed by atoms with Crippen molar-refractivity contribution >= 4 is 28.4 Å². The summed E-state index contributed by atoms with van der Waals surface area (Å²) in [6.07, 6.45) is 5.45. The molecule has 0 amide bonds. The highest BCUT2D eigenvalue weighted by Crippen LogP contribution is 2.20. The first-order valence-electron chi connectivity index (χ1n) is 6.46. The second-order valence-corrected chi connectivity index (χ2v) is 5.80. The van der Waals surface area contributed by atoms with Crippen molar-refractivity contribution in [1.29, 1.82) is 0 Å². The molecule has 17 heavy (non-hydrogen) atoms. The van der Waals surface area contributed by atoms with Gasteiger partial charge in [0.05, 0.1) is 0 Å². The molecule has 1 nitrogen and oxygen atoms in total. The number of carbonyl (C=O) groups is 1. The molecule has 0 aromatic heterocycles. The summed E-state index contributed by atoms with van der Waals surface area (Å²) in [6, 6.07) is 7.89. The lowest BCUT2D eigenvalue weighted by atomic mass is 9.92. The molecule has 1 aromatic carbocycles. The molecule has 0 aliphatic rings. The van der Waals surface area contributed by atoms with Gasteiger partial charge in [0.25, 0.3) is 0 Å². The standard InChI is InChI=1S/C15H21IO/c1-3-5-7-12(4-2)10-15(17)13-8-6-9-14(16)11-13/h6,8-9,11-12H,3-5,7,10H2,1-2H3. The molecular weight excluding hydrogens is 323 g/mol. The van der Waals surface area contributed by atoms with Gasteiger partial charge in [0.15, 0.2) is 5.78 Å². The van der Waals surface area contributed by atoms with E-state index in [-0.39, 0.29) is 0 Å². The highest BCUT2D eigenvalue weighted by Gasteiger charge is 2.13. The lowest BCUT2D eigenvalue weighted by Crippen LogP contribution is -2.08. The zero-order valence-electron chi connectivity index (χ0n) is 10.7. The largest absolute Gasteiger partial charge is 0.294 e. The van der Waals surface area contributed by atoms with E-state index in [9.17, 15) is 4.79 Å². The number of hydrogen-bond acceptors (Lipinski definition) is 1. The maximum absolute atomic E-state index is 12.1. The van der Waals surface area contributed by atoms with Crippen LogP contribution in [0.2, 0.25) is 0 Å². The molecule has 1 unspecified atom stereocenters. The van der Waals surface area contributed by atoms with E-state index < -0.39 is 0 Å². The lowest BCUT2D eigenvalue weighted by molar-refractivity contribution is 0.0957. The van der Waals surface area contributed by atoms with Gasteiger partial charge in [0.1, 0.15) is 0 Å². The van der Waals surface area contributed by atoms with E-state index in [0.29, 0.717) is 18.1 Å². The van der Waals surface area contributed by atoms with Crippen molar-refractivity contribution in [3.8, 4) is 0 Å². The van der Waals surface area contributed by atoms with Crippen LogP contribution in [0.4, 0.5) is 0 Å². The molecule has 0 aliphatic carbocycles. The maximum atomic E-state index is 12.1. The van der Waals surface area contributed by atoms with Gasteiger partial charge in [-0.25, -0.2) is 0 Å². The first-order chi connectivity index (χ1) is 8.17. The molecule has 0 radical (unpaired) electrons. The number of unbranched alkanes of at least 4 members (excludes halogenated alkanes) is 1. The van der Waals surface area contributed by atoms with E-state index in [0.717, 1.165) is 15.6 Å². The summed E-state index contributed by atoms with van der Waals surface area (Å²) in [7, 11) is 0. The molecule has 0 bridgehead atoms. The summed E-state index contributed by atoms with van der Waals surface area (Å²) in [5.74, 6) is 0.854.